The SMILES string of the molecule is Nc1nc(C2CC(N)C2)cc(N2CCN(CC(=O)N3CCCC3)CC2)n1. The maximum atomic E-state index is 12.3. The van der Waals surface area contributed by atoms with Gasteiger partial charge >= 0.3 is 0 Å². The van der Waals surface area contributed by atoms with E-state index in [0.717, 1.165) is 76.5 Å². The lowest BCUT2D eigenvalue weighted by Gasteiger charge is -2.36. The fourth-order valence-electron chi connectivity index (χ4n) is 4.14. The minimum absolute atomic E-state index is 0.269. The molecule has 142 valence electrons. The topological polar surface area (TPSA) is 105 Å². The molecular formula is C18H29N7O. The molecule has 0 aromatic carbocycles. The molecule has 0 unspecified atom stereocenters. The van der Waals surface area contributed by atoms with Crippen LogP contribution >= 0.6 is 0 Å². The molecule has 2 saturated heterocycles. The van der Waals surface area contributed by atoms with Crippen LogP contribution in [-0.2, 0) is 4.79 Å². The number of hydrogen-bond acceptors (Lipinski definition) is 7. The molecule has 8 nitrogen and oxygen atoms in total. The highest BCUT2D eigenvalue weighted by molar-refractivity contribution is 5.78. The highest BCUT2D eigenvalue weighted by atomic mass is 16.2. The Labute approximate surface area is 154 Å². The Morgan fingerprint density at radius 3 is 2.42 bits per heavy atom. The molecule has 8 heteroatoms. The molecule has 2 aliphatic heterocycles. The molecule has 26 heavy (non-hydrogen) atoms. The fraction of sp³-hybridized carbons (Fsp3) is 0.722. The van der Waals surface area contributed by atoms with Gasteiger partial charge in [-0.2, -0.15) is 4.98 Å². The summed E-state index contributed by atoms with van der Waals surface area (Å²) in [4.78, 5) is 27.6. The Kier molecular flexibility index (Phi) is 4.95. The van der Waals surface area contributed by atoms with Gasteiger partial charge in [-0.15, -0.1) is 0 Å². The molecule has 3 heterocycles. The molecule has 3 aliphatic rings. The Hall–Kier alpha value is -1.93. The van der Waals surface area contributed by atoms with E-state index in [2.05, 4.69) is 25.8 Å². The van der Waals surface area contributed by atoms with Crippen molar-refractivity contribution < 1.29 is 4.79 Å². The molecule has 0 radical (unpaired) electrons. The molecule has 1 aromatic heterocycles. The van der Waals surface area contributed by atoms with Crippen LogP contribution in [0, 0.1) is 0 Å². The van der Waals surface area contributed by atoms with Crippen molar-refractivity contribution in [3.63, 3.8) is 0 Å². The molecule has 1 saturated carbocycles. The monoisotopic (exact) mass is 359 g/mol. The Morgan fingerprint density at radius 2 is 1.77 bits per heavy atom. The number of nitrogen functional groups attached to an aromatic ring is 1. The summed E-state index contributed by atoms with van der Waals surface area (Å²) in [5.41, 5.74) is 12.9. The van der Waals surface area contributed by atoms with Crippen molar-refractivity contribution in [3.8, 4) is 0 Å². The van der Waals surface area contributed by atoms with Crippen molar-refractivity contribution in [2.45, 2.75) is 37.6 Å². The van der Waals surface area contributed by atoms with Crippen LogP contribution in [0.15, 0.2) is 6.07 Å². The second-order valence-electron chi connectivity index (χ2n) is 7.79. The zero-order chi connectivity index (χ0) is 18.1. The predicted molar refractivity (Wildman–Crippen MR) is 101 cm³/mol. The first-order chi connectivity index (χ1) is 12.6. The van der Waals surface area contributed by atoms with Gasteiger partial charge in [-0.05, 0) is 25.7 Å². The third kappa shape index (κ3) is 3.76. The number of carbonyl (C=O) groups excluding carboxylic acids is 1. The largest absolute Gasteiger partial charge is 0.368 e. The number of hydrogen-bond donors (Lipinski definition) is 2. The van der Waals surface area contributed by atoms with Gasteiger partial charge in [0.15, 0.2) is 0 Å². The molecule has 3 fully saturated rings. The first-order valence-corrected chi connectivity index (χ1v) is 9.73. The second-order valence-corrected chi connectivity index (χ2v) is 7.79. The minimum Gasteiger partial charge on any atom is -0.368 e. The molecule has 0 bridgehead atoms. The summed E-state index contributed by atoms with van der Waals surface area (Å²) in [6.07, 6.45) is 4.23. The van der Waals surface area contributed by atoms with E-state index in [0.29, 0.717) is 18.4 Å². The zero-order valence-electron chi connectivity index (χ0n) is 15.3. The van der Waals surface area contributed by atoms with Gasteiger partial charge < -0.3 is 21.3 Å². The van der Waals surface area contributed by atoms with Crippen LogP contribution in [0.5, 0.6) is 0 Å². The summed E-state index contributed by atoms with van der Waals surface area (Å²) in [6, 6.07) is 2.36. The number of anilines is 2. The summed E-state index contributed by atoms with van der Waals surface area (Å²) in [5, 5.41) is 0. The molecule has 1 amide bonds. The first kappa shape index (κ1) is 17.5. The molecule has 1 aliphatic carbocycles. The molecule has 4 rings (SSSR count). The average Bonchev–Trinajstić information content (AvgIpc) is 3.14. The summed E-state index contributed by atoms with van der Waals surface area (Å²) in [5.74, 6) is 1.92. The highest BCUT2D eigenvalue weighted by Crippen LogP contribution is 2.35. The summed E-state index contributed by atoms with van der Waals surface area (Å²) in [7, 11) is 0. The van der Waals surface area contributed by atoms with Gasteiger partial charge in [-0.25, -0.2) is 4.98 Å². The highest BCUT2D eigenvalue weighted by Gasteiger charge is 2.30. The van der Waals surface area contributed by atoms with Crippen LogP contribution in [0.25, 0.3) is 0 Å². The third-order valence-corrected chi connectivity index (χ3v) is 5.86. The number of carbonyl (C=O) groups is 1. The van der Waals surface area contributed by atoms with Gasteiger partial charge in [-0.1, -0.05) is 0 Å². The van der Waals surface area contributed by atoms with Gasteiger partial charge in [0.05, 0.1) is 12.2 Å². The van der Waals surface area contributed by atoms with Crippen LogP contribution in [-0.4, -0.2) is 77.5 Å². The standard InChI is InChI=1S/C18H29N7O/c19-14-9-13(10-14)15-11-16(22-18(20)21-15)24-7-5-23(6-8-24)12-17(26)25-3-1-2-4-25/h11,13-14H,1-10,12,19H2,(H2,20,21,22). The zero-order valence-corrected chi connectivity index (χ0v) is 15.3. The number of piperazine rings is 1. The summed E-state index contributed by atoms with van der Waals surface area (Å²) in [6.45, 7) is 5.82. The van der Waals surface area contributed by atoms with Gasteiger partial charge in [-0.3, -0.25) is 9.69 Å². The van der Waals surface area contributed by atoms with E-state index in [4.69, 9.17) is 11.5 Å². The van der Waals surface area contributed by atoms with Crippen molar-refractivity contribution in [2.24, 2.45) is 5.73 Å². The number of rotatable bonds is 4. The van der Waals surface area contributed by atoms with E-state index in [-0.39, 0.29) is 11.9 Å². The Balaban J connectivity index is 1.33. The van der Waals surface area contributed by atoms with Gasteiger partial charge in [0.25, 0.3) is 0 Å². The van der Waals surface area contributed by atoms with Crippen LogP contribution in [0.1, 0.15) is 37.3 Å². The number of aromatic nitrogens is 2. The van der Waals surface area contributed by atoms with E-state index in [9.17, 15) is 4.79 Å². The predicted octanol–water partition coefficient (Wildman–Crippen LogP) is 0.00790. The average molecular weight is 359 g/mol. The molecule has 1 aromatic rings. The maximum Gasteiger partial charge on any atom is 0.236 e. The smallest absolute Gasteiger partial charge is 0.236 e. The molecule has 4 N–H and O–H groups in total. The molecule has 0 spiro atoms. The van der Waals surface area contributed by atoms with E-state index >= 15 is 0 Å². The van der Waals surface area contributed by atoms with Crippen molar-refractivity contribution >= 4 is 17.7 Å². The van der Waals surface area contributed by atoms with Gasteiger partial charge in [0, 0.05) is 57.3 Å². The van der Waals surface area contributed by atoms with Gasteiger partial charge in [0.2, 0.25) is 11.9 Å². The molecule has 0 atom stereocenters. The van der Waals surface area contributed by atoms with Crippen molar-refractivity contribution in [2.75, 3.05) is 56.4 Å². The number of nitrogens with two attached hydrogens (primary N) is 2. The molecular weight excluding hydrogens is 330 g/mol. The number of nitrogens with zero attached hydrogens (tertiary/aromatic N) is 5. The third-order valence-electron chi connectivity index (χ3n) is 5.86. The lowest BCUT2D eigenvalue weighted by molar-refractivity contribution is -0.131. The Bertz CT molecular complexity index is 647. The first-order valence-electron chi connectivity index (χ1n) is 9.73. The van der Waals surface area contributed by atoms with Crippen LogP contribution in [0.2, 0.25) is 0 Å². The van der Waals surface area contributed by atoms with Crippen molar-refractivity contribution in [1.29, 1.82) is 0 Å². The van der Waals surface area contributed by atoms with E-state index in [1.807, 2.05) is 4.90 Å². The van der Waals surface area contributed by atoms with Crippen LogP contribution < -0.4 is 16.4 Å². The van der Waals surface area contributed by atoms with E-state index in [1.165, 1.54) is 0 Å². The summed E-state index contributed by atoms with van der Waals surface area (Å²) >= 11 is 0. The second kappa shape index (κ2) is 7.36. The van der Waals surface area contributed by atoms with Crippen LogP contribution in [0.4, 0.5) is 11.8 Å². The normalized spacial score (nSPS) is 26.8. The lowest BCUT2D eigenvalue weighted by Crippen LogP contribution is -2.50. The fourth-order valence-corrected chi connectivity index (χ4v) is 4.14. The van der Waals surface area contributed by atoms with Crippen molar-refractivity contribution in [1.82, 2.24) is 19.8 Å². The number of amides is 1. The van der Waals surface area contributed by atoms with Crippen molar-refractivity contribution in [3.05, 3.63) is 11.8 Å². The van der Waals surface area contributed by atoms with E-state index in [1.54, 1.807) is 0 Å². The van der Waals surface area contributed by atoms with Crippen LogP contribution in [0.3, 0.4) is 0 Å². The van der Waals surface area contributed by atoms with Gasteiger partial charge in [0.1, 0.15) is 5.82 Å². The number of likely N-dealkylation sites (tertiary alicyclic amines) is 1. The van der Waals surface area contributed by atoms with E-state index < -0.39 is 0 Å². The lowest BCUT2D eigenvalue weighted by atomic mass is 9.78. The maximum absolute atomic E-state index is 12.3. The quantitative estimate of drug-likeness (QED) is 0.780. The minimum atomic E-state index is 0.269. The Morgan fingerprint density at radius 1 is 1.08 bits per heavy atom. The summed E-state index contributed by atoms with van der Waals surface area (Å²) < 4.78 is 0.